The van der Waals surface area contributed by atoms with Crippen molar-refractivity contribution in [2.45, 2.75) is 80.8 Å². The number of carbonyl (C=O) groups is 1. The SMILES string of the molecule is CC[C-](C)C(=O)OC(CC)(C(C)(C)C)C(C)(C)C.[Y]. The standard InChI is InChI=1S/C16H31O2.Y/c1-10-12(3)13(17)18-16(11-2,14(4,5)6)15(7,8)9;/h10-11H2,1-9H3;/q-1;. The number of carbonyl (C=O) groups excluding carboxylic acids is 1. The molecule has 0 rings (SSSR count). The second-order valence-electron chi connectivity index (χ2n) is 7.20. The van der Waals surface area contributed by atoms with Crippen LogP contribution in [0.15, 0.2) is 0 Å². The van der Waals surface area contributed by atoms with Crippen LogP contribution in [-0.4, -0.2) is 11.6 Å². The molecule has 0 bridgehead atoms. The smallest absolute Gasteiger partial charge is 0.170 e. The first-order valence-corrected chi connectivity index (χ1v) is 6.98. The molecular formula is C16H31O2Y-. The average Bonchev–Trinajstić information content (AvgIpc) is 2.20. The quantitative estimate of drug-likeness (QED) is 0.542. The van der Waals surface area contributed by atoms with Gasteiger partial charge in [0, 0.05) is 43.5 Å². The van der Waals surface area contributed by atoms with Gasteiger partial charge in [-0.05, 0) is 6.42 Å². The van der Waals surface area contributed by atoms with Gasteiger partial charge >= 0.3 is 0 Å². The fourth-order valence-electron chi connectivity index (χ4n) is 2.95. The molecule has 0 amide bonds. The first-order valence-electron chi connectivity index (χ1n) is 6.98. The Balaban J connectivity index is 0. The summed E-state index contributed by atoms with van der Waals surface area (Å²) >= 11 is 0. The molecule has 0 saturated heterocycles. The fourth-order valence-corrected chi connectivity index (χ4v) is 2.95. The zero-order chi connectivity index (χ0) is 14.8. The molecule has 3 heteroatoms. The summed E-state index contributed by atoms with van der Waals surface area (Å²) in [5.41, 5.74) is -0.638. The molecule has 0 aliphatic carbocycles. The van der Waals surface area contributed by atoms with Crippen LogP contribution in [-0.2, 0) is 42.2 Å². The summed E-state index contributed by atoms with van der Waals surface area (Å²) in [6.45, 7) is 18.8. The van der Waals surface area contributed by atoms with Crippen molar-refractivity contribution in [3.8, 4) is 0 Å². The predicted octanol–water partition coefficient (Wildman–Crippen LogP) is 4.77. The summed E-state index contributed by atoms with van der Waals surface area (Å²) in [5.74, 6) is 0.644. The number of ether oxygens (including phenoxy) is 1. The summed E-state index contributed by atoms with van der Waals surface area (Å²) in [6.07, 6.45) is 1.57. The Hall–Kier alpha value is 0.444. The van der Waals surface area contributed by atoms with Gasteiger partial charge in [0.1, 0.15) is 5.60 Å². The number of esters is 1. The Labute approximate surface area is 145 Å². The van der Waals surface area contributed by atoms with Gasteiger partial charge in [0.2, 0.25) is 0 Å². The van der Waals surface area contributed by atoms with E-state index in [1.165, 1.54) is 0 Å². The third kappa shape index (κ3) is 4.74. The minimum atomic E-state index is -0.451. The molecule has 0 heterocycles. The van der Waals surface area contributed by atoms with Crippen molar-refractivity contribution >= 4 is 5.97 Å². The van der Waals surface area contributed by atoms with Gasteiger partial charge in [0.15, 0.2) is 5.97 Å². The van der Waals surface area contributed by atoms with E-state index in [0.717, 1.165) is 18.8 Å². The van der Waals surface area contributed by atoms with Gasteiger partial charge in [-0.15, -0.1) is 0 Å². The van der Waals surface area contributed by atoms with E-state index in [2.05, 4.69) is 48.5 Å². The van der Waals surface area contributed by atoms with Gasteiger partial charge in [0.25, 0.3) is 0 Å². The van der Waals surface area contributed by atoms with Gasteiger partial charge in [-0.2, -0.15) is 13.3 Å². The van der Waals surface area contributed by atoms with E-state index in [0.29, 0.717) is 0 Å². The van der Waals surface area contributed by atoms with Crippen LogP contribution < -0.4 is 0 Å². The molecule has 0 saturated carbocycles. The summed E-state index contributed by atoms with van der Waals surface area (Å²) in [4.78, 5) is 12.2. The van der Waals surface area contributed by atoms with E-state index in [1.54, 1.807) is 0 Å². The zero-order valence-electron chi connectivity index (χ0n) is 14.3. The van der Waals surface area contributed by atoms with E-state index in [4.69, 9.17) is 4.74 Å². The van der Waals surface area contributed by atoms with Crippen molar-refractivity contribution in [1.82, 2.24) is 0 Å². The third-order valence-electron chi connectivity index (χ3n) is 4.07. The first-order chi connectivity index (χ1) is 7.93. The van der Waals surface area contributed by atoms with Gasteiger partial charge in [-0.25, -0.2) is 0 Å². The van der Waals surface area contributed by atoms with Crippen LogP contribution in [0.5, 0.6) is 0 Å². The first kappa shape index (κ1) is 21.7. The van der Waals surface area contributed by atoms with Gasteiger partial charge in [0.05, 0.1) is 0 Å². The molecular weight excluding hydrogens is 313 g/mol. The number of hydrogen-bond donors (Lipinski definition) is 0. The Kier molecular flexibility index (Phi) is 8.53. The molecule has 0 aromatic rings. The molecule has 19 heavy (non-hydrogen) atoms. The maximum Gasteiger partial charge on any atom is 0.170 e. The summed E-state index contributed by atoms with van der Waals surface area (Å²) in [5, 5.41) is 0. The number of rotatable bonds is 4. The summed E-state index contributed by atoms with van der Waals surface area (Å²) in [6, 6.07) is 0. The maximum atomic E-state index is 12.2. The molecule has 2 nitrogen and oxygen atoms in total. The monoisotopic (exact) mass is 344 g/mol. The molecule has 0 fully saturated rings. The second kappa shape index (κ2) is 7.45. The van der Waals surface area contributed by atoms with Crippen LogP contribution in [0.2, 0.25) is 0 Å². The average molecular weight is 344 g/mol. The minimum absolute atomic E-state index is 0. The summed E-state index contributed by atoms with van der Waals surface area (Å²) in [7, 11) is 0. The van der Waals surface area contributed by atoms with Crippen LogP contribution in [0.25, 0.3) is 0 Å². The number of hydrogen-bond acceptors (Lipinski definition) is 2. The summed E-state index contributed by atoms with van der Waals surface area (Å²) < 4.78 is 5.99. The Morgan fingerprint density at radius 3 is 1.58 bits per heavy atom. The van der Waals surface area contributed by atoms with E-state index in [1.807, 2.05) is 13.8 Å². The molecule has 0 aliphatic rings. The van der Waals surface area contributed by atoms with Gasteiger partial charge in [-0.3, -0.25) is 10.7 Å². The molecule has 1 radical (unpaired) electrons. The van der Waals surface area contributed by atoms with Crippen molar-refractivity contribution in [3.05, 3.63) is 5.92 Å². The van der Waals surface area contributed by atoms with Gasteiger partial charge < -0.3 is 4.74 Å². The van der Waals surface area contributed by atoms with Crippen LogP contribution in [0.1, 0.15) is 75.2 Å². The molecule has 0 aliphatic heterocycles. The topological polar surface area (TPSA) is 26.3 Å². The van der Waals surface area contributed by atoms with Crippen molar-refractivity contribution in [1.29, 1.82) is 0 Å². The molecule has 0 atom stereocenters. The maximum absolute atomic E-state index is 12.2. The van der Waals surface area contributed by atoms with Crippen LogP contribution >= 0.6 is 0 Å². The van der Waals surface area contributed by atoms with Gasteiger partial charge in [-0.1, -0.05) is 55.4 Å². The Morgan fingerprint density at radius 1 is 1.00 bits per heavy atom. The van der Waals surface area contributed by atoms with E-state index in [9.17, 15) is 4.79 Å². The Bertz CT molecular complexity index is 270. The normalized spacial score (nSPS) is 12.7. The van der Waals surface area contributed by atoms with Crippen molar-refractivity contribution in [2.75, 3.05) is 0 Å². The molecule has 0 aromatic heterocycles. The van der Waals surface area contributed by atoms with E-state index < -0.39 is 5.60 Å². The predicted molar refractivity (Wildman–Crippen MR) is 77.2 cm³/mol. The largest absolute Gasteiger partial charge is 0.480 e. The molecule has 0 N–H and O–H groups in total. The third-order valence-corrected chi connectivity index (χ3v) is 4.07. The van der Waals surface area contributed by atoms with Crippen molar-refractivity contribution < 1.29 is 42.2 Å². The molecule has 0 unspecified atom stereocenters. The molecule has 0 aromatic carbocycles. The minimum Gasteiger partial charge on any atom is -0.480 e. The molecule has 0 spiro atoms. The van der Waals surface area contributed by atoms with Crippen LogP contribution in [0.3, 0.4) is 0 Å². The van der Waals surface area contributed by atoms with Crippen molar-refractivity contribution in [2.24, 2.45) is 10.8 Å². The van der Waals surface area contributed by atoms with Crippen molar-refractivity contribution in [3.63, 3.8) is 0 Å². The van der Waals surface area contributed by atoms with Crippen LogP contribution in [0, 0.1) is 16.7 Å². The molecule has 111 valence electrons. The second-order valence-corrected chi connectivity index (χ2v) is 7.20. The van der Waals surface area contributed by atoms with E-state index in [-0.39, 0.29) is 49.5 Å². The Morgan fingerprint density at radius 2 is 1.37 bits per heavy atom. The fraction of sp³-hybridized carbons (Fsp3) is 0.875. The van der Waals surface area contributed by atoms with Crippen LogP contribution in [0.4, 0.5) is 0 Å². The zero-order valence-corrected chi connectivity index (χ0v) is 17.1. The van der Waals surface area contributed by atoms with E-state index >= 15 is 0 Å².